The number of rotatable bonds is 9. The smallest absolute Gasteiger partial charge is 0.381 e. The van der Waals surface area contributed by atoms with Gasteiger partial charge in [-0.05, 0) is 31.9 Å². The highest BCUT2D eigenvalue weighted by Gasteiger charge is 2.34. The van der Waals surface area contributed by atoms with Crippen molar-refractivity contribution in [2.24, 2.45) is 0 Å². The van der Waals surface area contributed by atoms with Crippen LogP contribution in [0.3, 0.4) is 0 Å². The van der Waals surface area contributed by atoms with Crippen LogP contribution in [0.2, 0.25) is 0 Å². The second-order valence-corrected chi connectivity index (χ2v) is 6.50. The van der Waals surface area contributed by atoms with Gasteiger partial charge in [-0.2, -0.15) is 18.3 Å². The molecule has 0 saturated heterocycles. The highest BCUT2D eigenvalue weighted by Crippen LogP contribution is 2.33. The van der Waals surface area contributed by atoms with Gasteiger partial charge in [0.2, 0.25) is 5.43 Å². The molecule has 6 nitrogen and oxygen atoms in total. The van der Waals surface area contributed by atoms with E-state index in [1.54, 1.807) is 0 Å². The summed E-state index contributed by atoms with van der Waals surface area (Å²) in [6.07, 6.45) is -2.07. The molecule has 0 aliphatic heterocycles. The number of hydrogen-bond donors (Lipinski definition) is 1. The minimum atomic E-state index is -4.60. The van der Waals surface area contributed by atoms with E-state index in [0.29, 0.717) is 19.6 Å². The van der Waals surface area contributed by atoms with E-state index in [9.17, 15) is 22.8 Å². The molecule has 0 fully saturated rings. The molecule has 0 unspecified atom stereocenters. The van der Waals surface area contributed by atoms with Crippen molar-refractivity contribution in [3.8, 4) is 5.69 Å². The Hall–Kier alpha value is -2.68. The number of unbranched alkanes of at least 4 members (excludes halogenated alkanes) is 1. The van der Waals surface area contributed by atoms with E-state index in [1.807, 2.05) is 0 Å². The van der Waals surface area contributed by atoms with Crippen LogP contribution in [0, 0.1) is 6.92 Å². The van der Waals surface area contributed by atoms with Gasteiger partial charge in [0.15, 0.2) is 5.69 Å². The molecule has 0 aliphatic rings. The summed E-state index contributed by atoms with van der Waals surface area (Å²) in [5.41, 5.74) is -2.09. The molecule has 1 aromatic heterocycles. The molecule has 0 atom stereocenters. The lowest BCUT2D eigenvalue weighted by atomic mass is 10.1. The van der Waals surface area contributed by atoms with Crippen molar-refractivity contribution in [3.05, 3.63) is 57.5 Å². The molecular weight excluding hydrogens is 387 g/mol. The van der Waals surface area contributed by atoms with Gasteiger partial charge in [-0.3, -0.25) is 9.59 Å². The van der Waals surface area contributed by atoms with Gasteiger partial charge >= 0.3 is 6.18 Å². The Bertz CT molecular complexity index is 895. The van der Waals surface area contributed by atoms with Crippen LogP contribution >= 0.6 is 0 Å². The third kappa shape index (κ3) is 6.15. The summed E-state index contributed by atoms with van der Waals surface area (Å²) in [5.74, 6) is -0.734. The number of para-hydroxylation sites is 1. The number of aryl methyl sites for hydroxylation is 1. The molecule has 1 amide bonds. The first kappa shape index (κ1) is 22.6. The minimum Gasteiger partial charge on any atom is -0.381 e. The average molecular weight is 411 g/mol. The van der Waals surface area contributed by atoms with Gasteiger partial charge in [0.05, 0.1) is 11.3 Å². The molecule has 0 saturated carbocycles. The van der Waals surface area contributed by atoms with E-state index in [1.165, 1.54) is 25.1 Å². The third-order valence-corrected chi connectivity index (χ3v) is 4.15. The number of carbonyl (C=O) groups is 1. The van der Waals surface area contributed by atoms with Crippen molar-refractivity contribution in [2.75, 3.05) is 19.8 Å². The second kappa shape index (κ2) is 10.2. The van der Waals surface area contributed by atoms with Crippen LogP contribution in [0.4, 0.5) is 13.2 Å². The predicted molar refractivity (Wildman–Crippen MR) is 102 cm³/mol. The Morgan fingerprint density at radius 2 is 1.90 bits per heavy atom. The van der Waals surface area contributed by atoms with Crippen LogP contribution in [0.5, 0.6) is 0 Å². The van der Waals surface area contributed by atoms with Gasteiger partial charge in [0, 0.05) is 31.5 Å². The summed E-state index contributed by atoms with van der Waals surface area (Å²) >= 11 is 0. The fourth-order valence-corrected chi connectivity index (χ4v) is 2.65. The Morgan fingerprint density at radius 1 is 1.21 bits per heavy atom. The molecule has 0 spiro atoms. The number of benzene rings is 1. The lowest BCUT2D eigenvalue weighted by Crippen LogP contribution is -2.33. The first-order valence-corrected chi connectivity index (χ1v) is 9.39. The molecule has 9 heteroatoms. The Labute approximate surface area is 166 Å². The van der Waals surface area contributed by atoms with Crippen LogP contribution in [0.15, 0.2) is 35.1 Å². The number of aromatic nitrogens is 2. The van der Waals surface area contributed by atoms with Gasteiger partial charge < -0.3 is 10.1 Å². The minimum absolute atomic E-state index is 0.188. The normalized spacial score (nSPS) is 11.5. The SMILES string of the molecule is CCCCOCCCNC(=O)c1nn(-c2ccccc2C(F)(F)F)c(C)cc1=O. The third-order valence-electron chi connectivity index (χ3n) is 4.15. The summed E-state index contributed by atoms with van der Waals surface area (Å²) in [7, 11) is 0. The van der Waals surface area contributed by atoms with Gasteiger partial charge in [-0.25, -0.2) is 4.68 Å². The first-order valence-electron chi connectivity index (χ1n) is 9.39. The standard InChI is InChI=1S/C20H24F3N3O3/c1-3-4-11-29-12-7-10-24-19(28)18-17(27)13-14(2)26(25-18)16-9-6-5-8-15(16)20(21,22)23/h5-6,8-9,13H,3-4,7,10-12H2,1-2H3,(H,24,28). The number of carbonyl (C=O) groups excluding carboxylic acids is 1. The topological polar surface area (TPSA) is 73.2 Å². The van der Waals surface area contributed by atoms with E-state index in [-0.39, 0.29) is 17.9 Å². The summed E-state index contributed by atoms with van der Waals surface area (Å²) < 4.78 is 46.3. The molecule has 0 aliphatic carbocycles. The highest BCUT2D eigenvalue weighted by atomic mass is 19.4. The van der Waals surface area contributed by atoms with E-state index < -0.39 is 28.8 Å². The summed E-state index contributed by atoms with van der Waals surface area (Å²) in [6, 6.07) is 5.96. The molecule has 0 radical (unpaired) electrons. The fraction of sp³-hybridized carbons (Fsp3) is 0.450. The monoisotopic (exact) mass is 411 g/mol. The number of nitrogens with one attached hydrogen (secondary N) is 1. The molecule has 2 aromatic rings. The summed E-state index contributed by atoms with van der Waals surface area (Å²) in [6.45, 7) is 4.88. The highest BCUT2D eigenvalue weighted by molar-refractivity contribution is 5.92. The fourth-order valence-electron chi connectivity index (χ4n) is 2.65. The number of halogens is 3. The zero-order valence-corrected chi connectivity index (χ0v) is 16.4. The van der Waals surface area contributed by atoms with Gasteiger partial charge in [-0.15, -0.1) is 0 Å². The molecule has 1 N–H and O–H groups in total. The number of ether oxygens (including phenoxy) is 1. The van der Waals surface area contributed by atoms with Crippen molar-refractivity contribution in [3.63, 3.8) is 0 Å². The zero-order chi connectivity index (χ0) is 21.4. The lowest BCUT2D eigenvalue weighted by Gasteiger charge is -2.16. The molecule has 158 valence electrons. The maximum atomic E-state index is 13.3. The Morgan fingerprint density at radius 3 is 2.59 bits per heavy atom. The quantitative estimate of drug-likeness (QED) is 0.641. The molecule has 1 aromatic carbocycles. The maximum absolute atomic E-state index is 13.3. The summed E-state index contributed by atoms with van der Waals surface area (Å²) in [5, 5.41) is 6.47. The number of nitrogens with zero attached hydrogens (tertiary/aromatic N) is 2. The maximum Gasteiger partial charge on any atom is 0.418 e. The lowest BCUT2D eigenvalue weighted by molar-refractivity contribution is -0.137. The predicted octanol–water partition coefficient (Wildman–Crippen LogP) is 3.50. The van der Waals surface area contributed by atoms with E-state index in [2.05, 4.69) is 17.3 Å². The largest absolute Gasteiger partial charge is 0.418 e. The number of amides is 1. The van der Waals surface area contributed by atoms with Crippen LogP contribution in [-0.2, 0) is 10.9 Å². The second-order valence-electron chi connectivity index (χ2n) is 6.50. The molecule has 29 heavy (non-hydrogen) atoms. The van der Waals surface area contributed by atoms with Crippen LogP contribution in [0.25, 0.3) is 5.69 Å². The van der Waals surface area contributed by atoms with Crippen molar-refractivity contribution in [2.45, 2.75) is 39.3 Å². The molecule has 2 rings (SSSR count). The van der Waals surface area contributed by atoms with Crippen LogP contribution in [-0.4, -0.2) is 35.4 Å². The molecular formula is C20H24F3N3O3. The van der Waals surface area contributed by atoms with Crippen LogP contribution in [0.1, 0.15) is 47.9 Å². The van der Waals surface area contributed by atoms with Crippen LogP contribution < -0.4 is 10.7 Å². The van der Waals surface area contributed by atoms with Gasteiger partial charge in [0.25, 0.3) is 5.91 Å². The Balaban J connectivity index is 2.18. The number of hydrogen-bond acceptors (Lipinski definition) is 4. The van der Waals surface area contributed by atoms with Crippen molar-refractivity contribution in [1.29, 1.82) is 0 Å². The van der Waals surface area contributed by atoms with Crippen molar-refractivity contribution in [1.82, 2.24) is 15.1 Å². The van der Waals surface area contributed by atoms with E-state index in [0.717, 1.165) is 29.7 Å². The van der Waals surface area contributed by atoms with Gasteiger partial charge in [-0.1, -0.05) is 25.5 Å². The first-order chi connectivity index (χ1) is 13.8. The number of alkyl halides is 3. The average Bonchev–Trinajstić information content (AvgIpc) is 2.66. The van der Waals surface area contributed by atoms with E-state index in [4.69, 9.17) is 4.74 Å². The van der Waals surface area contributed by atoms with Crippen molar-refractivity contribution < 1.29 is 22.7 Å². The van der Waals surface area contributed by atoms with Gasteiger partial charge in [0.1, 0.15) is 0 Å². The summed E-state index contributed by atoms with van der Waals surface area (Å²) in [4.78, 5) is 24.5. The molecule has 1 heterocycles. The molecule has 0 bridgehead atoms. The Kier molecular flexibility index (Phi) is 7.95. The van der Waals surface area contributed by atoms with E-state index >= 15 is 0 Å². The van der Waals surface area contributed by atoms with Crippen molar-refractivity contribution >= 4 is 5.91 Å². The zero-order valence-electron chi connectivity index (χ0n) is 16.4.